The fraction of sp³-hybridized carbons (Fsp3) is 0.385. The Bertz CT molecular complexity index is 623. The summed E-state index contributed by atoms with van der Waals surface area (Å²) in [6.07, 6.45) is 1.26. The molecule has 2 aromatic heterocycles. The molecule has 2 aromatic rings. The van der Waals surface area contributed by atoms with Crippen molar-refractivity contribution in [3.63, 3.8) is 0 Å². The molecule has 1 fully saturated rings. The largest absolute Gasteiger partial charge is 0.447 e. The average Bonchev–Trinajstić information content (AvgIpc) is 3.05. The van der Waals surface area contributed by atoms with Crippen LogP contribution in [0.25, 0.3) is 5.82 Å². The summed E-state index contributed by atoms with van der Waals surface area (Å²) < 4.78 is 6.59. The number of rotatable bonds is 3. The lowest BCUT2D eigenvalue weighted by molar-refractivity contribution is 0.176. The zero-order chi connectivity index (χ0) is 14.1. The van der Waals surface area contributed by atoms with Crippen LogP contribution >= 0.6 is 0 Å². The van der Waals surface area contributed by atoms with Crippen LogP contribution < -0.4 is 5.32 Å². The van der Waals surface area contributed by atoms with Gasteiger partial charge in [-0.1, -0.05) is 19.9 Å². The summed E-state index contributed by atoms with van der Waals surface area (Å²) in [6, 6.07) is 5.26. The quantitative estimate of drug-likeness (QED) is 0.917. The van der Waals surface area contributed by atoms with Crippen molar-refractivity contribution in [2.75, 3.05) is 6.61 Å². The molecule has 20 heavy (non-hydrogen) atoms. The molecule has 0 unspecified atom stereocenters. The standard InChI is InChI=1S/C13H15N5O2/c1-8(2)11-16-12(9-7-20-13(19)15-9)18(17-11)10-5-3-4-6-14-10/h3-6,8-9H,7H2,1-2H3,(H,15,19)/t9-/m0/s1. The summed E-state index contributed by atoms with van der Waals surface area (Å²) in [5.74, 6) is 2.21. The number of ether oxygens (including phenoxy) is 1. The van der Waals surface area contributed by atoms with E-state index in [1.54, 1.807) is 10.9 Å². The summed E-state index contributed by atoms with van der Waals surface area (Å²) in [4.78, 5) is 20.0. The SMILES string of the molecule is CC(C)c1nc([C@@H]2COC(=O)N2)n(-c2ccccn2)n1. The van der Waals surface area contributed by atoms with Gasteiger partial charge in [-0.2, -0.15) is 4.68 Å². The van der Waals surface area contributed by atoms with Crippen LogP contribution in [-0.4, -0.2) is 32.4 Å². The van der Waals surface area contributed by atoms with Crippen LogP contribution in [0.2, 0.25) is 0 Å². The first-order valence-corrected chi connectivity index (χ1v) is 6.46. The van der Waals surface area contributed by atoms with Crippen LogP contribution in [0.15, 0.2) is 24.4 Å². The number of nitrogens with zero attached hydrogens (tertiary/aromatic N) is 4. The normalized spacial score (nSPS) is 18.1. The van der Waals surface area contributed by atoms with Crippen LogP contribution in [0.4, 0.5) is 4.79 Å². The summed E-state index contributed by atoms with van der Waals surface area (Å²) in [5, 5.41) is 7.21. The highest BCUT2D eigenvalue weighted by Gasteiger charge is 2.30. The smallest absolute Gasteiger partial charge is 0.407 e. The van der Waals surface area contributed by atoms with Crippen molar-refractivity contribution >= 4 is 6.09 Å². The predicted molar refractivity (Wildman–Crippen MR) is 70.5 cm³/mol. The lowest BCUT2D eigenvalue weighted by Gasteiger charge is -2.08. The molecule has 1 saturated heterocycles. The molecule has 104 valence electrons. The molecule has 3 rings (SSSR count). The highest BCUT2D eigenvalue weighted by atomic mass is 16.6. The number of hydrogen-bond donors (Lipinski definition) is 1. The first kappa shape index (κ1) is 12.6. The fourth-order valence-electron chi connectivity index (χ4n) is 1.98. The molecule has 1 atom stereocenters. The van der Waals surface area contributed by atoms with Crippen molar-refractivity contribution < 1.29 is 9.53 Å². The number of carbonyl (C=O) groups excluding carboxylic acids is 1. The maximum Gasteiger partial charge on any atom is 0.407 e. The summed E-state index contributed by atoms with van der Waals surface area (Å²) in [7, 11) is 0. The second-order valence-corrected chi connectivity index (χ2v) is 4.88. The number of alkyl carbamates (subject to hydrolysis) is 1. The lowest BCUT2D eigenvalue weighted by atomic mass is 10.2. The van der Waals surface area contributed by atoms with Gasteiger partial charge in [0.25, 0.3) is 0 Å². The van der Waals surface area contributed by atoms with Crippen LogP contribution in [-0.2, 0) is 4.74 Å². The topological polar surface area (TPSA) is 81.9 Å². The maximum atomic E-state index is 11.2. The first-order chi connectivity index (χ1) is 9.65. The average molecular weight is 273 g/mol. The van der Waals surface area contributed by atoms with Gasteiger partial charge in [-0.05, 0) is 12.1 Å². The van der Waals surface area contributed by atoms with Gasteiger partial charge in [0.1, 0.15) is 12.6 Å². The Hall–Kier alpha value is -2.44. The van der Waals surface area contributed by atoms with E-state index in [4.69, 9.17) is 4.74 Å². The summed E-state index contributed by atoms with van der Waals surface area (Å²) in [6.45, 7) is 4.29. The molecule has 0 bridgehead atoms. The molecule has 1 aliphatic heterocycles. The zero-order valence-corrected chi connectivity index (χ0v) is 11.3. The number of aromatic nitrogens is 4. The van der Waals surface area contributed by atoms with Gasteiger partial charge in [0.15, 0.2) is 17.5 Å². The van der Waals surface area contributed by atoms with Crippen molar-refractivity contribution in [2.45, 2.75) is 25.8 Å². The van der Waals surface area contributed by atoms with E-state index in [0.29, 0.717) is 17.5 Å². The van der Waals surface area contributed by atoms with Crippen LogP contribution in [0.1, 0.15) is 37.5 Å². The van der Waals surface area contributed by atoms with Gasteiger partial charge < -0.3 is 10.1 Å². The van der Waals surface area contributed by atoms with Crippen LogP contribution in [0, 0.1) is 0 Å². The summed E-state index contributed by atoms with van der Waals surface area (Å²) in [5.41, 5.74) is 0. The second kappa shape index (κ2) is 4.92. The zero-order valence-electron chi connectivity index (χ0n) is 11.3. The van der Waals surface area contributed by atoms with Gasteiger partial charge in [0.05, 0.1) is 0 Å². The highest BCUT2D eigenvalue weighted by molar-refractivity contribution is 5.69. The Morgan fingerprint density at radius 1 is 1.45 bits per heavy atom. The lowest BCUT2D eigenvalue weighted by Crippen LogP contribution is -2.22. The van der Waals surface area contributed by atoms with E-state index in [-0.39, 0.29) is 18.6 Å². The maximum absolute atomic E-state index is 11.2. The first-order valence-electron chi connectivity index (χ1n) is 6.46. The third-order valence-corrected chi connectivity index (χ3v) is 3.02. The molecule has 1 aliphatic rings. The molecule has 7 nitrogen and oxygen atoms in total. The molecule has 0 radical (unpaired) electrons. The number of pyridine rings is 1. The number of cyclic esters (lactones) is 1. The molecule has 7 heteroatoms. The van der Waals surface area contributed by atoms with E-state index in [0.717, 1.165) is 0 Å². The Morgan fingerprint density at radius 3 is 2.90 bits per heavy atom. The molecule has 1 N–H and O–H groups in total. The fourth-order valence-corrected chi connectivity index (χ4v) is 1.98. The van der Waals surface area contributed by atoms with E-state index < -0.39 is 6.09 Å². The minimum absolute atomic E-state index is 0.191. The van der Waals surface area contributed by atoms with E-state index in [2.05, 4.69) is 20.4 Å². The van der Waals surface area contributed by atoms with Crippen molar-refractivity contribution in [2.24, 2.45) is 0 Å². The third kappa shape index (κ3) is 2.22. The van der Waals surface area contributed by atoms with E-state index in [1.165, 1.54) is 0 Å². The number of amides is 1. The van der Waals surface area contributed by atoms with Gasteiger partial charge in [-0.25, -0.2) is 14.8 Å². The molecule has 0 aliphatic carbocycles. The van der Waals surface area contributed by atoms with Crippen LogP contribution in [0.5, 0.6) is 0 Å². The van der Waals surface area contributed by atoms with Gasteiger partial charge in [0.2, 0.25) is 0 Å². The molecular weight excluding hydrogens is 258 g/mol. The minimum Gasteiger partial charge on any atom is -0.447 e. The highest BCUT2D eigenvalue weighted by Crippen LogP contribution is 2.21. The Morgan fingerprint density at radius 2 is 2.30 bits per heavy atom. The van der Waals surface area contributed by atoms with E-state index >= 15 is 0 Å². The molecular formula is C13H15N5O2. The van der Waals surface area contributed by atoms with Crippen LogP contribution in [0.3, 0.4) is 0 Å². The van der Waals surface area contributed by atoms with Gasteiger partial charge >= 0.3 is 6.09 Å². The molecule has 0 aromatic carbocycles. The van der Waals surface area contributed by atoms with Gasteiger partial charge in [0, 0.05) is 12.1 Å². The Kier molecular flexibility index (Phi) is 3.09. The second-order valence-electron chi connectivity index (χ2n) is 4.88. The Labute approximate surface area is 116 Å². The number of carbonyl (C=O) groups is 1. The predicted octanol–water partition coefficient (Wildman–Crippen LogP) is 1.57. The van der Waals surface area contributed by atoms with Gasteiger partial charge in [-0.3, -0.25) is 0 Å². The third-order valence-electron chi connectivity index (χ3n) is 3.02. The number of hydrogen-bond acceptors (Lipinski definition) is 5. The van der Waals surface area contributed by atoms with Crippen molar-refractivity contribution in [1.29, 1.82) is 0 Å². The minimum atomic E-state index is -0.434. The van der Waals surface area contributed by atoms with Crippen molar-refractivity contribution in [1.82, 2.24) is 25.1 Å². The monoisotopic (exact) mass is 273 g/mol. The molecule has 3 heterocycles. The van der Waals surface area contributed by atoms with E-state index in [9.17, 15) is 4.79 Å². The van der Waals surface area contributed by atoms with E-state index in [1.807, 2.05) is 32.0 Å². The Balaban J connectivity index is 2.05. The number of nitrogens with one attached hydrogen (secondary N) is 1. The summed E-state index contributed by atoms with van der Waals surface area (Å²) >= 11 is 0. The molecule has 1 amide bonds. The molecule has 0 saturated carbocycles. The van der Waals surface area contributed by atoms with Gasteiger partial charge in [-0.15, -0.1) is 5.10 Å². The van der Waals surface area contributed by atoms with Crippen molar-refractivity contribution in [3.05, 3.63) is 36.0 Å². The van der Waals surface area contributed by atoms with Crippen molar-refractivity contribution in [3.8, 4) is 5.82 Å². The molecule has 0 spiro atoms.